The number of amides is 1. The monoisotopic (exact) mass is 326 g/mol. The van der Waals surface area contributed by atoms with Crippen molar-refractivity contribution in [1.29, 1.82) is 0 Å². The molecule has 21 heavy (non-hydrogen) atoms. The summed E-state index contributed by atoms with van der Waals surface area (Å²) in [5.74, 6) is -0.224. The second-order valence-electron chi connectivity index (χ2n) is 6.04. The van der Waals surface area contributed by atoms with Crippen LogP contribution in [0.2, 0.25) is 5.02 Å². The zero-order chi connectivity index (χ0) is 15.5. The molecule has 0 aliphatic heterocycles. The minimum Gasteiger partial charge on any atom is -0.368 e. The third kappa shape index (κ3) is 4.38. The molecule has 1 aromatic rings. The van der Waals surface area contributed by atoms with Crippen molar-refractivity contribution in [2.45, 2.75) is 61.3 Å². The number of hydrogen-bond acceptors (Lipinski definition) is 3. The Balaban J connectivity index is 2.08. The van der Waals surface area contributed by atoms with Crippen molar-refractivity contribution >= 4 is 29.3 Å². The number of thioether (sulfide) groups is 1. The van der Waals surface area contributed by atoms with E-state index in [2.05, 4.69) is 19.2 Å². The summed E-state index contributed by atoms with van der Waals surface area (Å²) in [5.41, 5.74) is 5.14. The van der Waals surface area contributed by atoms with Crippen LogP contribution in [0.25, 0.3) is 0 Å². The van der Waals surface area contributed by atoms with Crippen molar-refractivity contribution in [3.63, 3.8) is 0 Å². The van der Waals surface area contributed by atoms with Crippen molar-refractivity contribution in [3.05, 3.63) is 29.3 Å². The predicted octanol–water partition coefficient (Wildman–Crippen LogP) is 3.60. The van der Waals surface area contributed by atoms with E-state index in [1.807, 2.05) is 36.0 Å². The van der Waals surface area contributed by atoms with E-state index in [1.54, 1.807) is 0 Å². The zero-order valence-electron chi connectivity index (χ0n) is 12.6. The second kappa shape index (κ2) is 7.03. The molecule has 1 aromatic carbocycles. The maximum absolute atomic E-state index is 12.0. The topological polar surface area (TPSA) is 55.1 Å². The van der Waals surface area contributed by atoms with Crippen LogP contribution < -0.4 is 11.1 Å². The van der Waals surface area contributed by atoms with Crippen LogP contribution in [0.4, 0.5) is 0 Å². The van der Waals surface area contributed by atoms with Crippen molar-refractivity contribution < 1.29 is 4.79 Å². The van der Waals surface area contributed by atoms with Gasteiger partial charge in [0, 0.05) is 21.2 Å². The molecule has 2 atom stereocenters. The van der Waals surface area contributed by atoms with Crippen LogP contribution >= 0.6 is 23.4 Å². The molecule has 0 saturated heterocycles. The van der Waals surface area contributed by atoms with Crippen LogP contribution in [0.1, 0.15) is 39.5 Å². The van der Waals surface area contributed by atoms with Gasteiger partial charge in [0.15, 0.2) is 0 Å². The highest BCUT2D eigenvalue weighted by Gasteiger charge is 2.41. The lowest BCUT2D eigenvalue weighted by atomic mass is 9.80. The van der Waals surface area contributed by atoms with Gasteiger partial charge >= 0.3 is 0 Å². The summed E-state index contributed by atoms with van der Waals surface area (Å²) in [6.45, 7) is 4.11. The molecule has 2 unspecified atom stereocenters. The smallest absolute Gasteiger partial charge is 0.237 e. The Morgan fingerprint density at radius 2 is 2.10 bits per heavy atom. The first-order valence-corrected chi connectivity index (χ1v) is 8.67. The Morgan fingerprint density at radius 1 is 1.43 bits per heavy atom. The average molecular weight is 327 g/mol. The second-order valence-corrected chi connectivity index (χ2v) is 7.85. The molecular weight excluding hydrogens is 304 g/mol. The number of carbonyl (C=O) groups is 1. The van der Waals surface area contributed by atoms with E-state index in [9.17, 15) is 4.79 Å². The quantitative estimate of drug-likeness (QED) is 0.869. The van der Waals surface area contributed by atoms with Gasteiger partial charge in [-0.2, -0.15) is 0 Å². The van der Waals surface area contributed by atoms with Crippen molar-refractivity contribution in [2.24, 2.45) is 5.73 Å². The SMILES string of the molecule is CC(C)NC1(C(N)=O)CCCC(Sc2ccc(Cl)cc2)C1. The number of carbonyl (C=O) groups excluding carboxylic acids is 1. The highest BCUT2D eigenvalue weighted by molar-refractivity contribution is 8.00. The summed E-state index contributed by atoms with van der Waals surface area (Å²) in [5, 5.41) is 4.56. The predicted molar refractivity (Wildman–Crippen MR) is 89.8 cm³/mol. The van der Waals surface area contributed by atoms with E-state index < -0.39 is 5.54 Å². The molecule has 5 heteroatoms. The molecule has 0 radical (unpaired) electrons. The van der Waals surface area contributed by atoms with E-state index >= 15 is 0 Å². The Morgan fingerprint density at radius 3 is 2.67 bits per heavy atom. The molecule has 0 bridgehead atoms. The summed E-state index contributed by atoms with van der Waals surface area (Å²) in [6.07, 6.45) is 3.75. The van der Waals surface area contributed by atoms with Crippen LogP contribution in [0, 0.1) is 0 Å². The molecule has 116 valence electrons. The molecule has 0 aromatic heterocycles. The van der Waals surface area contributed by atoms with Gasteiger partial charge in [-0.05, 0) is 63.8 Å². The molecule has 3 nitrogen and oxygen atoms in total. The molecule has 1 fully saturated rings. The largest absolute Gasteiger partial charge is 0.368 e. The summed E-state index contributed by atoms with van der Waals surface area (Å²) in [7, 11) is 0. The first-order valence-electron chi connectivity index (χ1n) is 7.41. The molecule has 1 saturated carbocycles. The van der Waals surface area contributed by atoms with E-state index in [4.69, 9.17) is 17.3 Å². The van der Waals surface area contributed by atoms with E-state index in [0.29, 0.717) is 5.25 Å². The highest BCUT2D eigenvalue weighted by Crippen LogP contribution is 2.38. The number of rotatable bonds is 5. The van der Waals surface area contributed by atoms with Gasteiger partial charge in [0.05, 0.1) is 5.54 Å². The van der Waals surface area contributed by atoms with E-state index in [1.165, 1.54) is 4.90 Å². The highest BCUT2D eigenvalue weighted by atomic mass is 35.5. The Labute approximate surface area is 136 Å². The standard InChI is InChI=1S/C16H23ClN2OS/c1-11(2)19-16(15(18)20)9-3-4-14(10-16)21-13-7-5-12(17)6-8-13/h5-8,11,14,19H,3-4,9-10H2,1-2H3,(H2,18,20). The first kappa shape index (κ1) is 16.7. The molecule has 0 heterocycles. The molecule has 1 aliphatic rings. The van der Waals surface area contributed by atoms with Crippen LogP contribution in [-0.2, 0) is 4.79 Å². The molecule has 1 aliphatic carbocycles. The van der Waals surface area contributed by atoms with Gasteiger partial charge in [-0.1, -0.05) is 11.6 Å². The summed E-state index contributed by atoms with van der Waals surface area (Å²) in [4.78, 5) is 13.2. The molecule has 2 rings (SSSR count). The lowest BCUT2D eigenvalue weighted by Crippen LogP contribution is -2.60. The average Bonchev–Trinajstić information content (AvgIpc) is 2.41. The molecule has 3 N–H and O–H groups in total. The van der Waals surface area contributed by atoms with Crippen LogP contribution in [0.15, 0.2) is 29.2 Å². The number of nitrogens with one attached hydrogen (secondary N) is 1. The van der Waals surface area contributed by atoms with Gasteiger partial charge in [0.1, 0.15) is 0 Å². The van der Waals surface area contributed by atoms with Gasteiger partial charge < -0.3 is 11.1 Å². The van der Waals surface area contributed by atoms with Crippen molar-refractivity contribution in [2.75, 3.05) is 0 Å². The minimum atomic E-state index is -0.559. The number of benzene rings is 1. The van der Waals surface area contributed by atoms with Gasteiger partial charge in [-0.25, -0.2) is 0 Å². The van der Waals surface area contributed by atoms with Crippen molar-refractivity contribution in [3.8, 4) is 0 Å². The Hall–Kier alpha value is -0.710. The van der Waals surface area contributed by atoms with E-state index in [-0.39, 0.29) is 11.9 Å². The summed E-state index contributed by atoms with van der Waals surface area (Å²) >= 11 is 7.73. The number of nitrogens with two attached hydrogens (primary N) is 1. The van der Waals surface area contributed by atoms with Gasteiger partial charge in [-0.3, -0.25) is 4.79 Å². The lowest BCUT2D eigenvalue weighted by molar-refractivity contribution is -0.126. The van der Waals surface area contributed by atoms with Crippen LogP contribution in [0.5, 0.6) is 0 Å². The lowest BCUT2D eigenvalue weighted by Gasteiger charge is -2.40. The minimum absolute atomic E-state index is 0.224. The third-order valence-electron chi connectivity index (χ3n) is 3.86. The zero-order valence-corrected chi connectivity index (χ0v) is 14.1. The fraction of sp³-hybridized carbons (Fsp3) is 0.562. The Kier molecular flexibility index (Phi) is 5.58. The van der Waals surface area contributed by atoms with Gasteiger partial charge in [-0.15, -0.1) is 11.8 Å². The first-order chi connectivity index (χ1) is 9.91. The summed E-state index contributed by atoms with van der Waals surface area (Å²) in [6, 6.07) is 8.12. The normalized spacial score (nSPS) is 26.0. The van der Waals surface area contributed by atoms with Crippen LogP contribution in [0.3, 0.4) is 0 Å². The van der Waals surface area contributed by atoms with E-state index in [0.717, 1.165) is 30.7 Å². The fourth-order valence-electron chi connectivity index (χ4n) is 3.01. The molecular formula is C16H23ClN2OS. The van der Waals surface area contributed by atoms with Crippen LogP contribution in [-0.4, -0.2) is 22.7 Å². The fourth-order valence-corrected chi connectivity index (χ4v) is 4.47. The maximum Gasteiger partial charge on any atom is 0.237 e. The maximum atomic E-state index is 12.0. The number of hydrogen-bond donors (Lipinski definition) is 2. The molecule has 1 amide bonds. The van der Waals surface area contributed by atoms with Gasteiger partial charge in [0.25, 0.3) is 0 Å². The number of primary amides is 1. The van der Waals surface area contributed by atoms with Crippen molar-refractivity contribution in [1.82, 2.24) is 5.32 Å². The number of halogens is 1. The van der Waals surface area contributed by atoms with Gasteiger partial charge in [0.2, 0.25) is 5.91 Å². The summed E-state index contributed by atoms with van der Waals surface area (Å²) < 4.78 is 0. The molecule has 0 spiro atoms. The Bertz CT molecular complexity index is 492. The third-order valence-corrected chi connectivity index (χ3v) is 5.39.